The fourth-order valence-corrected chi connectivity index (χ4v) is 5.05. The summed E-state index contributed by atoms with van der Waals surface area (Å²) in [7, 11) is -4.02. The zero-order valence-electron chi connectivity index (χ0n) is 17.4. The topological polar surface area (TPSA) is 78.8 Å². The molecule has 3 aromatic rings. The highest BCUT2D eigenvalue weighted by atomic mass is 79.9. The second-order valence-corrected chi connectivity index (χ2v) is 10.2. The van der Waals surface area contributed by atoms with Crippen molar-refractivity contribution in [3.63, 3.8) is 0 Å². The Balaban J connectivity index is 1.90. The molecule has 0 aromatic heterocycles. The highest BCUT2D eigenvalue weighted by molar-refractivity contribution is 9.10. The number of carbonyl (C=O) groups is 1. The number of hydrogen-bond acceptors (Lipinski definition) is 4. The van der Waals surface area contributed by atoms with E-state index in [1.165, 1.54) is 18.3 Å². The molecule has 1 amide bonds. The summed E-state index contributed by atoms with van der Waals surface area (Å²) in [5.74, 6) is -0.585. The molecule has 0 fully saturated rings. The lowest BCUT2D eigenvalue weighted by molar-refractivity contribution is -0.119. The van der Waals surface area contributed by atoms with Gasteiger partial charge >= 0.3 is 0 Å². The van der Waals surface area contributed by atoms with E-state index in [2.05, 4.69) is 26.5 Å². The Labute approximate surface area is 201 Å². The summed E-state index contributed by atoms with van der Waals surface area (Å²) >= 11 is 9.45. The van der Waals surface area contributed by atoms with Crippen molar-refractivity contribution in [3.05, 3.63) is 92.9 Å². The van der Waals surface area contributed by atoms with Crippen LogP contribution in [0, 0.1) is 13.8 Å². The minimum atomic E-state index is -4.02. The maximum Gasteiger partial charge on any atom is 0.264 e. The molecule has 0 saturated carbocycles. The second-order valence-electron chi connectivity index (χ2n) is 7.07. The van der Waals surface area contributed by atoms with Crippen molar-refractivity contribution < 1.29 is 13.2 Å². The third-order valence-electron chi connectivity index (χ3n) is 4.62. The molecule has 0 spiro atoms. The third-order valence-corrected chi connectivity index (χ3v) is 7.35. The van der Waals surface area contributed by atoms with Gasteiger partial charge in [-0.25, -0.2) is 13.8 Å². The maximum atomic E-state index is 13.4. The van der Waals surface area contributed by atoms with Crippen LogP contribution in [0.4, 0.5) is 5.69 Å². The van der Waals surface area contributed by atoms with Gasteiger partial charge in [0.2, 0.25) is 0 Å². The number of benzene rings is 3. The Morgan fingerprint density at radius 1 is 1.09 bits per heavy atom. The van der Waals surface area contributed by atoms with Gasteiger partial charge in [0, 0.05) is 15.1 Å². The number of nitrogens with zero attached hydrogens (tertiary/aromatic N) is 2. The standard InChI is InChI=1S/C23H21BrClN3O3S/c1-16-7-10-20(11-8-16)32(30,31)28(22-12-9-19(25)13-17(22)2)15-23(29)27-26-14-18-5-3-4-6-21(18)24/h3-14H,15H2,1-2H3,(H,27,29)/b26-14-. The fraction of sp³-hybridized carbons (Fsp3) is 0.130. The highest BCUT2D eigenvalue weighted by Gasteiger charge is 2.28. The van der Waals surface area contributed by atoms with Crippen LogP contribution in [0.3, 0.4) is 0 Å². The fourth-order valence-electron chi connectivity index (χ4n) is 2.96. The summed E-state index contributed by atoms with van der Waals surface area (Å²) in [5.41, 5.74) is 5.08. The first-order chi connectivity index (χ1) is 15.2. The van der Waals surface area contributed by atoms with Crippen LogP contribution in [0.15, 0.2) is 81.2 Å². The van der Waals surface area contributed by atoms with Crippen LogP contribution in [-0.2, 0) is 14.8 Å². The van der Waals surface area contributed by atoms with Crippen molar-refractivity contribution in [1.82, 2.24) is 5.43 Å². The van der Waals surface area contributed by atoms with Gasteiger partial charge in [-0.05, 0) is 55.8 Å². The van der Waals surface area contributed by atoms with Crippen molar-refractivity contribution in [2.24, 2.45) is 5.10 Å². The normalized spacial score (nSPS) is 11.5. The molecule has 3 aromatic carbocycles. The summed E-state index contributed by atoms with van der Waals surface area (Å²) in [4.78, 5) is 12.7. The molecule has 32 heavy (non-hydrogen) atoms. The molecule has 0 atom stereocenters. The van der Waals surface area contributed by atoms with Gasteiger partial charge in [0.1, 0.15) is 6.54 Å². The average molecular weight is 535 g/mol. The van der Waals surface area contributed by atoms with E-state index >= 15 is 0 Å². The van der Waals surface area contributed by atoms with Crippen molar-refractivity contribution in [1.29, 1.82) is 0 Å². The van der Waals surface area contributed by atoms with Crippen molar-refractivity contribution in [3.8, 4) is 0 Å². The molecule has 0 saturated heterocycles. The van der Waals surface area contributed by atoms with Gasteiger partial charge in [0.15, 0.2) is 0 Å². The van der Waals surface area contributed by atoms with E-state index in [0.29, 0.717) is 16.3 Å². The highest BCUT2D eigenvalue weighted by Crippen LogP contribution is 2.29. The maximum absolute atomic E-state index is 13.4. The minimum Gasteiger partial charge on any atom is -0.271 e. The number of halogens is 2. The molecule has 166 valence electrons. The van der Waals surface area contributed by atoms with Crippen LogP contribution in [0.1, 0.15) is 16.7 Å². The van der Waals surface area contributed by atoms with Gasteiger partial charge in [-0.3, -0.25) is 9.10 Å². The molecule has 1 N–H and O–H groups in total. The Hall–Kier alpha value is -2.68. The predicted molar refractivity (Wildman–Crippen MR) is 132 cm³/mol. The van der Waals surface area contributed by atoms with Crippen LogP contribution in [-0.4, -0.2) is 27.1 Å². The number of anilines is 1. The van der Waals surface area contributed by atoms with Gasteiger partial charge in [0.25, 0.3) is 15.9 Å². The lowest BCUT2D eigenvalue weighted by atomic mass is 10.2. The zero-order valence-corrected chi connectivity index (χ0v) is 20.6. The Kier molecular flexibility index (Phi) is 7.71. The van der Waals surface area contributed by atoms with E-state index < -0.39 is 22.5 Å². The molecule has 0 unspecified atom stereocenters. The van der Waals surface area contributed by atoms with Crippen LogP contribution >= 0.6 is 27.5 Å². The number of carbonyl (C=O) groups excluding carboxylic acids is 1. The lowest BCUT2D eigenvalue weighted by Gasteiger charge is -2.25. The van der Waals surface area contributed by atoms with Gasteiger partial charge < -0.3 is 0 Å². The molecule has 0 radical (unpaired) electrons. The molecular weight excluding hydrogens is 514 g/mol. The molecule has 3 rings (SSSR count). The Morgan fingerprint density at radius 2 is 1.78 bits per heavy atom. The third kappa shape index (κ3) is 5.76. The molecular formula is C23H21BrClN3O3S. The van der Waals surface area contributed by atoms with E-state index in [-0.39, 0.29) is 4.90 Å². The first-order valence-corrected chi connectivity index (χ1v) is 12.2. The summed E-state index contributed by atoms with van der Waals surface area (Å²) in [6, 6.07) is 18.7. The van der Waals surface area contributed by atoms with Crippen LogP contribution in [0.2, 0.25) is 5.02 Å². The zero-order chi connectivity index (χ0) is 23.3. The van der Waals surface area contributed by atoms with E-state index in [9.17, 15) is 13.2 Å². The van der Waals surface area contributed by atoms with Crippen molar-refractivity contribution in [2.75, 3.05) is 10.8 Å². The summed E-state index contributed by atoms with van der Waals surface area (Å²) in [6.07, 6.45) is 1.48. The summed E-state index contributed by atoms with van der Waals surface area (Å²) in [5, 5.41) is 4.43. The quantitative estimate of drug-likeness (QED) is 0.340. The van der Waals surface area contributed by atoms with Crippen LogP contribution in [0.5, 0.6) is 0 Å². The summed E-state index contributed by atoms with van der Waals surface area (Å²) in [6.45, 7) is 3.15. The molecule has 0 aliphatic carbocycles. The number of nitrogens with one attached hydrogen (secondary N) is 1. The van der Waals surface area contributed by atoms with E-state index in [1.54, 1.807) is 37.3 Å². The number of rotatable bonds is 7. The minimum absolute atomic E-state index is 0.0852. The monoisotopic (exact) mass is 533 g/mol. The van der Waals surface area contributed by atoms with Gasteiger partial charge in [-0.1, -0.05) is 63.4 Å². The molecule has 0 aliphatic heterocycles. The predicted octanol–water partition coefficient (Wildman–Crippen LogP) is 5.06. The molecule has 6 nitrogen and oxygen atoms in total. The SMILES string of the molecule is Cc1ccc(S(=O)(=O)N(CC(=O)N/N=C\c2ccccc2Br)c2ccc(Cl)cc2C)cc1. The number of aryl methyl sites for hydroxylation is 2. The largest absolute Gasteiger partial charge is 0.271 e. The molecule has 0 aliphatic rings. The van der Waals surface area contributed by atoms with Gasteiger partial charge in [-0.15, -0.1) is 0 Å². The lowest BCUT2D eigenvalue weighted by Crippen LogP contribution is -2.40. The van der Waals surface area contributed by atoms with Crippen molar-refractivity contribution in [2.45, 2.75) is 18.7 Å². The van der Waals surface area contributed by atoms with Gasteiger partial charge in [-0.2, -0.15) is 5.10 Å². The first kappa shape index (κ1) is 24.0. The Bertz CT molecular complexity index is 1260. The number of hydrazone groups is 1. The second kappa shape index (κ2) is 10.3. The van der Waals surface area contributed by atoms with E-state index in [0.717, 1.165) is 19.9 Å². The molecule has 9 heteroatoms. The average Bonchev–Trinajstić information content (AvgIpc) is 2.74. The smallest absolute Gasteiger partial charge is 0.264 e. The Morgan fingerprint density at radius 3 is 2.44 bits per heavy atom. The molecule has 0 bridgehead atoms. The van der Waals surface area contributed by atoms with E-state index in [4.69, 9.17) is 11.6 Å². The number of sulfonamides is 1. The van der Waals surface area contributed by atoms with Crippen molar-refractivity contribution >= 4 is 55.4 Å². The number of hydrogen-bond donors (Lipinski definition) is 1. The van der Waals surface area contributed by atoms with Crippen LogP contribution in [0.25, 0.3) is 0 Å². The van der Waals surface area contributed by atoms with Crippen LogP contribution < -0.4 is 9.73 Å². The molecule has 0 heterocycles. The van der Waals surface area contributed by atoms with E-state index in [1.807, 2.05) is 31.2 Å². The first-order valence-electron chi connectivity index (χ1n) is 9.60. The summed E-state index contributed by atoms with van der Waals surface area (Å²) < 4.78 is 28.7. The van der Waals surface area contributed by atoms with Gasteiger partial charge in [0.05, 0.1) is 16.8 Å². The number of amides is 1.